The number of rotatable bonds is 7. The van der Waals surface area contributed by atoms with Crippen molar-refractivity contribution in [2.75, 3.05) is 45.8 Å². The Morgan fingerprint density at radius 1 is 1.03 bits per heavy atom. The van der Waals surface area contributed by atoms with Crippen LogP contribution in [0.5, 0.6) is 0 Å². The average molecular weight is 471 g/mol. The van der Waals surface area contributed by atoms with Gasteiger partial charge in [0.1, 0.15) is 5.76 Å². The molecule has 0 aromatic heterocycles. The number of aliphatic imine (C=N–C) groups is 1. The molecule has 0 aromatic carbocycles. The Bertz CT molecular complexity index is 834. The minimum absolute atomic E-state index is 0.0158. The van der Waals surface area contributed by atoms with E-state index in [-0.39, 0.29) is 28.4 Å². The number of aliphatic hydroxyl groups is 1. The van der Waals surface area contributed by atoms with Crippen LogP contribution in [0.4, 0.5) is 0 Å². The van der Waals surface area contributed by atoms with Crippen LogP contribution in [0.1, 0.15) is 65.2 Å². The first-order valence-electron chi connectivity index (χ1n) is 13.4. The van der Waals surface area contributed by atoms with E-state index in [0.717, 1.165) is 50.5 Å². The van der Waals surface area contributed by atoms with Crippen molar-refractivity contribution in [3.8, 4) is 0 Å². The Labute approximate surface area is 204 Å². The van der Waals surface area contributed by atoms with Gasteiger partial charge in [-0.3, -0.25) is 24.4 Å². The highest BCUT2D eigenvalue weighted by atomic mass is 16.3. The largest absolute Gasteiger partial charge is 0.511 e. The molecule has 1 aliphatic heterocycles. The first-order valence-corrected chi connectivity index (χ1v) is 13.4. The number of carbonyl (C=O) groups is 2. The first kappa shape index (κ1) is 24.0. The van der Waals surface area contributed by atoms with E-state index in [1.54, 1.807) is 6.21 Å². The molecule has 4 bridgehead atoms. The lowest BCUT2D eigenvalue weighted by Crippen LogP contribution is -2.61. The number of carbonyl (C=O) groups excluding carboxylic acids is 2. The molecule has 0 aromatic rings. The molecule has 0 spiro atoms. The van der Waals surface area contributed by atoms with E-state index in [9.17, 15) is 14.7 Å². The summed E-state index contributed by atoms with van der Waals surface area (Å²) in [7, 11) is 0. The quantitative estimate of drug-likeness (QED) is 0.559. The van der Waals surface area contributed by atoms with Crippen LogP contribution in [0.25, 0.3) is 0 Å². The van der Waals surface area contributed by atoms with Crippen molar-refractivity contribution >= 4 is 17.9 Å². The number of nitrogens with one attached hydrogen (secondary N) is 1. The number of ketones is 1. The van der Waals surface area contributed by atoms with Crippen molar-refractivity contribution < 1.29 is 14.7 Å². The molecule has 6 aliphatic rings. The normalized spacial score (nSPS) is 35.9. The molecule has 0 radical (unpaired) electrons. The van der Waals surface area contributed by atoms with Crippen LogP contribution in [-0.2, 0) is 9.59 Å². The van der Waals surface area contributed by atoms with Crippen molar-refractivity contribution in [1.82, 2.24) is 15.1 Å². The van der Waals surface area contributed by atoms with Gasteiger partial charge in [-0.15, -0.1) is 0 Å². The number of hydrogen-bond donors (Lipinski definition) is 2. The van der Waals surface area contributed by atoms with Crippen molar-refractivity contribution in [2.45, 2.75) is 70.8 Å². The fourth-order valence-electron chi connectivity index (χ4n) is 7.78. The Morgan fingerprint density at radius 2 is 1.62 bits per heavy atom. The standard InChI is InChI=1S/C27H42N4O3/c1-26(2)15-23(32)22(24(33)16-26)17-28-3-4-30-5-7-31(8-6-30)18-25(34)29-27-12-19-9-20(13-27)11-21(10-19)14-27/h17,19-21,32H,3-16,18H2,1-2H3,(H,29,34). The monoisotopic (exact) mass is 470 g/mol. The number of allylic oxidation sites excluding steroid dienone is 2. The van der Waals surface area contributed by atoms with Crippen LogP contribution in [0.15, 0.2) is 16.3 Å². The summed E-state index contributed by atoms with van der Waals surface area (Å²) >= 11 is 0. The van der Waals surface area contributed by atoms with Gasteiger partial charge in [-0.05, 0) is 61.7 Å². The number of hydrogen-bond acceptors (Lipinski definition) is 6. The minimum atomic E-state index is -0.176. The molecule has 5 fully saturated rings. The van der Waals surface area contributed by atoms with Gasteiger partial charge in [0, 0.05) is 57.3 Å². The molecule has 1 amide bonds. The summed E-state index contributed by atoms with van der Waals surface area (Å²) < 4.78 is 0. The van der Waals surface area contributed by atoms with Gasteiger partial charge in [0.05, 0.1) is 18.7 Å². The summed E-state index contributed by atoms with van der Waals surface area (Å²) in [5, 5.41) is 13.7. The van der Waals surface area contributed by atoms with Gasteiger partial charge in [0.15, 0.2) is 5.78 Å². The third kappa shape index (κ3) is 5.40. The smallest absolute Gasteiger partial charge is 0.234 e. The van der Waals surface area contributed by atoms with E-state index in [4.69, 9.17) is 0 Å². The van der Waals surface area contributed by atoms with Crippen molar-refractivity contribution in [3.05, 3.63) is 11.3 Å². The van der Waals surface area contributed by atoms with Gasteiger partial charge in [0.2, 0.25) is 5.91 Å². The summed E-state index contributed by atoms with van der Waals surface area (Å²) in [5.41, 5.74) is 0.309. The zero-order valence-corrected chi connectivity index (χ0v) is 21.0. The molecular formula is C27H42N4O3. The maximum atomic E-state index is 12.9. The number of piperazine rings is 1. The van der Waals surface area contributed by atoms with Gasteiger partial charge in [-0.25, -0.2) is 0 Å². The first-order chi connectivity index (χ1) is 16.2. The fourth-order valence-corrected chi connectivity index (χ4v) is 7.78. The Hall–Kier alpha value is -1.73. The molecule has 5 aliphatic carbocycles. The lowest BCUT2D eigenvalue weighted by molar-refractivity contribution is -0.128. The van der Waals surface area contributed by atoms with E-state index < -0.39 is 0 Å². The Kier molecular flexibility index (Phi) is 6.62. The van der Waals surface area contributed by atoms with E-state index >= 15 is 0 Å². The lowest BCUT2D eigenvalue weighted by atomic mass is 9.53. The third-order valence-corrected chi connectivity index (χ3v) is 8.94. The van der Waals surface area contributed by atoms with Crippen molar-refractivity contribution in [2.24, 2.45) is 28.2 Å². The second-order valence-corrected chi connectivity index (χ2v) is 12.7. The maximum Gasteiger partial charge on any atom is 0.234 e. The highest BCUT2D eigenvalue weighted by Crippen LogP contribution is 2.55. The highest BCUT2D eigenvalue weighted by Gasteiger charge is 2.51. The van der Waals surface area contributed by atoms with Crippen LogP contribution in [0.2, 0.25) is 0 Å². The minimum Gasteiger partial charge on any atom is -0.511 e. The van der Waals surface area contributed by atoms with E-state index in [2.05, 4.69) is 20.1 Å². The maximum absolute atomic E-state index is 12.9. The topological polar surface area (TPSA) is 85.2 Å². The van der Waals surface area contributed by atoms with Gasteiger partial charge < -0.3 is 10.4 Å². The zero-order valence-electron chi connectivity index (χ0n) is 21.0. The molecule has 2 N–H and O–H groups in total. The summed E-state index contributed by atoms with van der Waals surface area (Å²) in [4.78, 5) is 34.2. The third-order valence-electron chi connectivity index (χ3n) is 8.94. The van der Waals surface area contributed by atoms with Crippen LogP contribution < -0.4 is 5.32 Å². The molecule has 34 heavy (non-hydrogen) atoms. The van der Waals surface area contributed by atoms with Gasteiger partial charge in [-0.2, -0.15) is 0 Å². The van der Waals surface area contributed by atoms with Crippen LogP contribution in [-0.4, -0.2) is 84.2 Å². The number of Topliss-reactive ketones (excluding diaryl/α,β-unsaturated/α-hetero) is 1. The summed E-state index contributed by atoms with van der Waals surface area (Å²) in [6, 6.07) is 0. The molecule has 4 saturated carbocycles. The molecule has 1 heterocycles. The van der Waals surface area contributed by atoms with E-state index in [1.807, 2.05) is 13.8 Å². The number of aliphatic hydroxyl groups excluding tert-OH is 1. The zero-order chi connectivity index (χ0) is 23.9. The van der Waals surface area contributed by atoms with Crippen molar-refractivity contribution in [1.29, 1.82) is 0 Å². The Morgan fingerprint density at radius 3 is 2.21 bits per heavy atom. The summed E-state index contributed by atoms with van der Waals surface area (Å²) in [6.45, 7) is 9.62. The van der Waals surface area contributed by atoms with Gasteiger partial charge >= 0.3 is 0 Å². The lowest BCUT2D eigenvalue weighted by Gasteiger charge is -2.57. The van der Waals surface area contributed by atoms with Gasteiger partial charge in [0.25, 0.3) is 0 Å². The molecular weight excluding hydrogens is 428 g/mol. The molecule has 0 unspecified atom stereocenters. The van der Waals surface area contributed by atoms with Crippen LogP contribution in [0, 0.1) is 23.2 Å². The van der Waals surface area contributed by atoms with E-state index in [0.29, 0.717) is 31.5 Å². The average Bonchev–Trinajstić information content (AvgIpc) is 2.71. The second-order valence-electron chi connectivity index (χ2n) is 12.7. The summed E-state index contributed by atoms with van der Waals surface area (Å²) in [6.07, 6.45) is 10.4. The van der Waals surface area contributed by atoms with E-state index in [1.165, 1.54) is 38.5 Å². The molecule has 7 heteroatoms. The predicted molar refractivity (Wildman–Crippen MR) is 133 cm³/mol. The number of nitrogens with zero attached hydrogens (tertiary/aromatic N) is 3. The SMILES string of the molecule is CC1(C)CC(=O)C(C=NCCN2CCN(CC(=O)NC34CC5CC(CC(C5)C3)C4)CC2)=C(O)C1. The number of amides is 1. The van der Waals surface area contributed by atoms with Gasteiger partial charge in [-0.1, -0.05) is 13.8 Å². The molecule has 7 nitrogen and oxygen atoms in total. The molecule has 1 saturated heterocycles. The molecule has 0 atom stereocenters. The summed E-state index contributed by atoms with van der Waals surface area (Å²) in [5.74, 6) is 2.92. The highest BCUT2D eigenvalue weighted by molar-refractivity contribution is 6.14. The predicted octanol–water partition coefficient (Wildman–Crippen LogP) is 2.96. The second kappa shape index (κ2) is 9.38. The molecule has 188 valence electrons. The Balaban J connectivity index is 1.02. The van der Waals surface area contributed by atoms with Crippen LogP contribution >= 0.6 is 0 Å². The van der Waals surface area contributed by atoms with Crippen LogP contribution in [0.3, 0.4) is 0 Å². The molecule has 6 rings (SSSR count). The fraction of sp³-hybridized carbons (Fsp3) is 0.815. The van der Waals surface area contributed by atoms with Crippen molar-refractivity contribution in [3.63, 3.8) is 0 Å².